The maximum absolute atomic E-state index is 9.26. The van der Waals surface area contributed by atoms with Gasteiger partial charge in [-0.3, -0.25) is 4.90 Å². The first-order chi connectivity index (χ1) is 8.63. The lowest BCUT2D eigenvalue weighted by Gasteiger charge is -2.40. The zero-order valence-corrected chi connectivity index (χ0v) is 11.6. The molecule has 0 saturated carbocycles. The van der Waals surface area contributed by atoms with Crippen molar-refractivity contribution in [3.63, 3.8) is 0 Å². The molecule has 1 saturated heterocycles. The molecule has 1 N–H and O–H groups in total. The second-order valence-corrected chi connectivity index (χ2v) is 5.06. The number of aryl methyl sites for hydroxylation is 1. The second-order valence-electron chi connectivity index (χ2n) is 5.06. The summed E-state index contributed by atoms with van der Waals surface area (Å²) in [5.74, 6) is 1.00. The monoisotopic (exact) mass is 249 g/mol. The predicted octanol–water partition coefficient (Wildman–Crippen LogP) is 1.41. The highest BCUT2D eigenvalue weighted by Crippen LogP contribution is 2.19. The van der Waals surface area contributed by atoms with E-state index < -0.39 is 0 Å². The Balaban J connectivity index is 2.15. The maximum Gasteiger partial charge on any atom is 0.129 e. The highest BCUT2D eigenvalue weighted by Gasteiger charge is 2.23. The molecule has 100 valence electrons. The van der Waals surface area contributed by atoms with E-state index in [-0.39, 0.29) is 6.61 Å². The maximum atomic E-state index is 9.26. The van der Waals surface area contributed by atoms with E-state index in [9.17, 15) is 5.11 Å². The summed E-state index contributed by atoms with van der Waals surface area (Å²) in [7, 11) is 0. The Bertz CT molecular complexity index is 408. The van der Waals surface area contributed by atoms with Crippen LogP contribution in [-0.4, -0.2) is 47.2 Å². The van der Waals surface area contributed by atoms with E-state index in [0.717, 1.165) is 43.3 Å². The van der Waals surface area contributed by atoms with Crippen LogP contribution in [0.3, 0.4) is 0 Å². The van der Waals surface area contributed by atoms with E-state index in [1.807, 2.05) is 19.1 Å². The number of aliphatic hydroxyl groups is 1. The molecule has 18 heavy (non-hydrogen) atoms. The van der Waals surface area contributed by atoms with Gasteiger partial charge in [-0.1, -0.05) is 6.92 Å². The summed E-state index contributed by atoms with van der Waals surface area (Å²) in [5.41, 5.74) is 1.92. The lowest BCUT2D eigenvalue weighted by atomic mass is 10.1. The third-order valence-electron chi connectivity index (χ3n) is 3.68. The average molecular weight is 249 g/mol. The van der Waals surface area contributed by atoms with Crippen molar-refractivity contribution < 1.29 is 5.11 Å². The molecule has 0 spiro atoms. The molecule has 0 aromatic carbocycles. The SMILES string of the molecule is CCN1CCN(c2cc(CO)cc(C)n2)CC1C. The molecule has 1 aliphatic rings. The van der Waals surface area contributed by atoms with E-state index in [1.54, 1.807) is 0 Å². The molecular weight excluding hydrogens is 226 g/mol. The minimum atomic E-state index is 0.0842. The number of nitrogens with zero attached hydrogens (tertiary/aromatic N) is 3. The number of hydrogen-bond acceptors (Lipinski definition) is 4. The Morgan fingerprint density at radius 2 is 2.17 bits per heavy atom. The van der Waals surface area contributed by atoms with Crippen LogP contribution in [0.2, 0.25) is 0 Å². The van der Waals surface area contributed by atoms with Gasteiger partial charge in [0, 0.05) is 31.4 Å². The Morgan fingerprint density at radius 1 is 1.39 bits per heavy atom. The van der Waals surface area contributed by atoms with Crippen molar-refractivity contribution in [1.29, 1.82) is 0 Å². The van der Waals surface area contributed by atoms with Gasteiger partial charge in [0.05, 0.1) is 6.61 Å². The number of rotatable bonds is 3. The van der Waals surface area contributed by atoms with Crippen LogP contribution >= 0.6 is 0 Å². The van der Waals surface area contributed by atoms with Crippen LogP contribution < -0.4 is 4.90 Å². The Kier molecular flexibility index (Phi) is 4.19. The summed E-state index contributed by atoms with van der Waals surface area (Å²) in [6.07, 6.45) is 0. The molecule has 4 heteroatoms. The van der Waals surface area contributed by atoms with E-state index >= 15 is 0 Å². The highest BCUT2D eigenvalue weighted by atomic mass is 16.3. The van der Waals surface area contributed by atoms with Gasteiger partial charge in [-0.15, -0.1) is 0 Å². The van der Waals surface area contributed by atoms with Gasteiger partial charge < -0.3 is 10.0 Å². The first-order valence-corrected chi connectivity index (χ1v) is 6.71. The summed E-state index contributed by atoms with van der Waals surface area (Å²) in [5, 5.41) is 9.26. The molecule has 2 heterocycles. The number of piperazine rings is 1. The fraction of sp³-hybridized carbons (Fsp3) is 0.643. The molecule has 1 unspecified atom stereocenters. The number of anilines is 1. The van der Waals surface area contributed by atoms with Gasteiger partial charge in [-0.05, 0) is 38.1 Å². The molecule has 1 aliphatic heterocycles. The zero-order chi connectivity index (χ0) is 13.1. The van der Waals surface area contributed by atoms with Crippen LogP contribution in [0.4, 0.5) is 5.82 Å². The van der Waals surface area contributed by atoms with Crippen molar-refractivity contribution in [2.75, 3.05) is 31.1 Å². The van der Waals surface area contributed by atoms with Gasteiger partial charge in [0.1, 0.15) is 5.82 Å². The molecule has 1 fully saturated rings. The summed E-state index contributed by atoms with van der Waals surface area (Å²) in [4.78, 5) is 9.39. The normalized spacial score (nSPS) is 21.3. The average Bonchev–Trinajstić information content (AvgIpc) is 2.37. The minimum Gasteiger partial charge on any atom is -0.392 e. The smallest absolute Gasteiger partial charge is 0.129 e. The standard InChI is InChI=1S/C14H23N3O/c1-4-16-5-6-17(9-12(16)3)14-8-13(10-18)7-11(2)15-14/h7-8,12,18H,4-6,9-10H2,1-3H3. The van der Waals surface area contributed by atoms with Crippen molar-refractivity contribution >= 4 is 5.82 Å². The number of aromatic nitrogens is 1. The lowest BCUT2D eigenvalue weighted by Crippen LogP contribution is -2.52. The first-order valence-electron chi connectivity index (χ1n) is 6.71. The number of pyridine rings is 1. The number of hydrogen-bond donors (Lipinski definition) is 1. The van der Waals surface area contributed by atoms with Crippen molar-refractivity contribution in [3.8, 4) is 0 Å². The minimum absolute atomic E-state index is 0.0842. The van der Waals surface area contributed by atoms with Gasteiger partial charge in [0.25, 0.3) is 0 Å². The molecule has 0 aliphatic carbocycles. The fourth-order valence-corrected chi connectivity index (χ4v) is 2.65. The molecule has 1 atom stereocenters. The fourth-order valence-electron chi connectivity index (χ4n) is 2.65. The molecular formula is C14H23N3O. The molecule has 1 aromatic heterocycles. The first kappa shape index (κ1) is 13.3. The number of aliphatic hydroxyl groups excluding tert-OH is 1. The summed E-state index contributed by atoms with van der Waals surface area (Å²) >= 11 is 0. The summed E-state index contributed by atoms with van der Waals surface area (Å²) in [6.45, 7) is 10.8. The van der Waals surface area contributed by atoms with Crippen molar-refractivity contribution in [1.82, 2.24) is 9.88 Å². The van der Waals surface area contributed by atoms with E-state index in [4.69, 9.17) is 0 Å². The second kappa shape index (κ2) is 5.67. The quantitative estimate of drug-likeness (QED) is 0.879. The third-order valence-corrected chi connectivity index (χ3v) is 3.68. The van der Waals surface area contributed by atoms with Gasteiger partial charge in [0.15, 0.2) is 0 Å². The number of likely N-dealkylation sites (N-methyl/N-ethyl adjacent to an activating group) is 1. The van der Waals surface area contributed by atoms with Crippen molar-refractivity contribution in [3.05, 3.63) is 23.4 Å². The van der Waals surface area contributed by atoms with Gasteiger partial charge in [0.2, 0.25) is 0 Å². The van der Waals surface area contributed by atoms with Crippen LogP contribution in [0.15, 0.2) is 12.1 Å². The van der Waals surface area contributed by atoms with Gasteiger partial charge in [-0.25, -0.2) is 4.98 Å². The lowest BCUT2D eigenvalue weighted by molar-refractivity contribution is 0.199. The van der Waals surface area contributed by atoms with E-state index in [0.29, 0.717) is 6.04 Å². The van der Waals surface area contributed by atoms with Gasteiger partial charge >= 0.3 is 0 Å². The van der Waals surface area contributed by atoms with Crippen LogP contribution in [0, 0.1) is 6.92 Å². The third kappa shape index (κ3) is 2.82. The van der Waals surface area contributed by atoms with E-state index in [1.165, 1.54) is 0 Å². The van der Waals surface area contributed by atoms with Crippen molar-refractivity contribution in [2.24, 2.45) is 0 Å². The Morgan fingerprint density at radius 3 is 2.78 bits per heavy atom. The summed E-state index contributed by atoms with van der Waals surface area (Å²) in [6, 6.07) is 4.50. The molecule has 0 radical (unpaired) electrons. The molecule has 1 aromatic rings. The molecule has 0 bridgehead atoms. The Labute approximate surface area is 109 Å². The highest BCUT2D eigenvalue weighted by molar-refractivity contribution is 5.43. The Hall–Kier alpha value is -1.13. The summed E-state index contributed by atoms with van der Waals surface area (Å²) < 4.78 is 0. The topological polar surface area (TPSA) is 39.6 Å². The van der Waals surface area contributed by atoms with Gasteiger partial charge in [-0.2, -0.15) is 0 Å². The van der Waals surface area contributed by atoms with Crippen molar-refractivity contribution in [2.45, 2.75) is 33.4 Å². The molecule has 4 nitrogen and oxygen atoms in total. The van der Waals surface area contributed by atoms with Crippen LogP contribution in [-0.2, 0) is 6.61 Å². The largest absolute Gasteiger partial charge is 0.392 e. The van der Waals surface area contributed by atoms with Crippen LogP contribution in [0.5, 0.6) is 0 Å². The zero-order valence-electron chi connectivity index (χ0n) is 11.6. The van der Waals surface area contributed by atoms with Crippen LogP contribution in [0.25, 0.3) is 0 Å². The molecule has 2 rings (SSSR count). The molecule has 0 amide bonds. The van der Waals surface area contributed by atoms with E-state index in [2.05, 4.69) is 28.6 Å². The predicted molar refractivity (Wildman–Crippen MR) is 73.8 cm³/mol. The van der Waals surface area contributed by atoms with Crippen LogP contribution in [0.1, 0.15) is 25.1 Å².